The molecular weight excluding hydrogens is 587 g/mol. The quantitative estimate of drug-likeness (QED) is 0.335. The number of fused-ring (bicyclic) bond motifs is 2. The van der Waals surface area contributed by atoms with E-state index < -0.39 is 19.6 Å². The molecule has 1 aromatic carbocycles. The first-order valence-electron chi connectivity index (χ1n) is 14.9. The zero-order valence-electron chi connectivity index (χ0n) is 24.1. The molecular formula is C31H37N4O6PS. The summed E-state index contributed by atoms with van der Waals surface area (Å²) in [4.78, 5) is 67.7. The molecule has 3 atom stereocenters. The average Bonchev–Trinajstić information content (AvgIpc) is 3.54. The number of aromatic nitrogens is 1. The summed E-state index contributed by atoms with van der Waals surface area (Å²) in [6.45, 7) is 3.55. The van der Waals surface area contributed by atoms with Gasteiger partial charge in [-0.05, 0) is 78.9 Å². The van der Waals surface area contributed by atoms with E-state index in [9.17, 15) is 28.7 Å². The lowest BCUT2D eigenvalue weighted by Crippen LogP contribution is -2.58. The predicted octanol–water partition coefficient (Wildman–Crippen LogP) is 4.19. The highest BCUT2D eigenvalue weighted by Crippen LogP contribution is 2.40. The smallest absolute Gasteiger partial charge is 0.329 e. The number of amides is 3. The Bertz CT molecular complexity index is 1600. The minimum absolute atomic E-state index is 0.0281. The van der Waals surface area contributed by atoms with Gasteiger partial charge in [0.15, 0.2) is 0 Å². The molecule has 3 amide bonds. The van der Waals surface area contributed by atoms with Crippen LogP contribution >= 0.6 is 18.9 Å². The first-order chi connectivity index (χ1) is 20.6. The van der Waals surface area contributed by atoms with Crippen molar-refractivity contribution in [1.82, 2.24) is 20.1 Å². The first-order valence-corrected chi connectivity index (χ1v) is 17.6. The maximum atomic E-state index is 13.9. The first kappa shape index (κ1) is 29.9. The second-order valence-electron chi connectivity index (χ2n) is 12.2. The van der Waals surface area contributed by atoms with Crippen molar-refractivity contribution >= 4 is 46.7 Å². The Labute approximate surface area is 254 Å². The van der Waals surface area contributed by atoms with Crippen LogP contribution in [0.25, 0.3) is 10.1 Å². The van der Waals surface area contributed by atoms with Crippen molar-refractivity contribution in [3.63, 3.8) is 0 Å². The fourth-order valence-corrected chi connectivity index (χ4v) is 8.48. The van der Waals surface area contributed by atoms with E-state index in [1.165, 1.54) is 22.5 Å². The normalized spacial score (nSPS) is 23.0. The van der Waals surface area contributed by atoms with Gasteiger partial charge < -0.3 is 24.9 Å². The molecule has 3 fully saturated rings. The van der Waals surface area contributed by atoms with Crippen LogP contribution in [0, 0.1) is 12.8 Å². The van der Waals surface area contributed by atoms with Crippen LogP contribution in [0.4, 0.5) is 0 Å². The largest absolute Gasteiger partial charge is 0.351 e. The summed E-state index contributed by atoms with van der Waals surface area (Å²) in [5, 5.41) is 3.70. The number of nitrogens with one attached hydrogen (secondary N) is 1. The van der Waals surface area contributed by atoms with Crippen molar-refractivity contribution in [3.8, 4) is 0 Å². The number of pyridine rings is 1. The monoisotopic (exact) mass is 624 g/mol. The van der Waals surface area contributed by atoms with Crippen molar-refractivity contribution in [3.05, 3.63) is 64.3 Å². The topological polar surface area (TPSA) is 140 Å². The van der Waals surface area contributed by atoms with Crippen molar-refractivity contribution in [2.24, 2.45) is 5.92 Å². The highest BCUT2D eigenvalue weighted by molar-refractivity contribution is 7.50. The molecule has 10 nitrogen and oxygen atoms in total. The van der Waals surface area contributed by atoms with Gasteiger partial charge in [-0.1, -0.05) is 18.9 Å². The molecule has 5 heterocycles. The molecule has 12 heteroatoms. The third-order valence-corrected chi connectivity index (χ3v) is 11.0. The average molecular weight is 625 g/mol. The number of benzene rings is 1. The lowest BCUT2D eigenvalue weighted by atomic mass is 9.89. The molecule has 228 valence electrons. The van der Waals surface area contributed by atoms with Crippen molar-refractivity contribution < 1.29 is 28.7 Å². The predicted molar refractivity (Wildman–Crippen MR) is 164 cm³/mol. The zero-order valence-corrected chi connectivity index (χ0v) is 25.9. The summed E-state index contributed by atoms with van der Waals surface area (Å²) in [5.74, 6) is -0.422. The van der Waals surface area contributed by atoms with Gasteiger partial charge in [-0.2, -0.15) is 0 Å². The number of carbonyl (C=O) groups excluding carboxylic acids is 3. The minimum atomic E-state index is -4.20. The highest BCUT2D eigenvalue weighted by atomic mass is 32.1. The molecule has 3 aromatic rings. The van der Waals surface area contributed by atoms with E-state index in [0.717, 1.165) is 35.8 Å². The summed E-state index contributed by atoms with van der Waals surface area (Å²) in [7, 11) is -4.20. The number of nitrogens with zero attached hydrogens (tertiary/aromatic N) is 3. The van der Waals surface area contributed by atoms with Gasteiger partial charge in [0.2, 0.25) is 11.8 Å². The SMILES string of the molecule is Cc1ccncc1C1CN(C(=O)[C@@H]2CC[C@@H]3CCCCC(CNC(=O)c4cc5cc(CP(=O)(O)O)ccc5s4)C(=O)N32)C1. The van der Waals surface area contributed by atoms with Crippen LogP contribution in [0.15, 0.2) is 42.7 Å². The van der Waals surface area contributed by atoms with Gasteiger partial charge in [0, 0.05) is 48.7 Å². The van der Waals surface area contributed by atoms with Crippen molar-refractivity contribution in [2.75, 3.05) is 19.6 Å². The molecule has 3 N–H and O–H groups in total. The van der Waals surface area contributed by atoms with E-state index in [2.05, 4.69) is 17.2 Å². The molecule has 0 spiro atoms. The second kappa shape index (κ2) is 12.1. The van der Waals surface area contributed by atoms with Crippen LogP contribution in [-0.2, 0) is 20.3 Å². The van der Waals surface area contributed by atoms with Gasteiger partial charge in [-0.25, -0.2) is 0 Å². The van der Waals surface area contributed by atoms with E-state index in [1.807, 2.05) is 22.1 Å². The molecule has 3 saturated heterocycles. The standard InChI is InChI=1S/C31H37N4O6PS/c1-19-10-11-32-15-25(19)23-16-34(17-23)31(38)26-8-7-24-5-3-2-4-21(30(37)35(24)26)14-33-29(36)28-13-22-12-20(18-42(39,40)41)6-9-27(22)43-28/h6,9-13,15,21,23-24,26H,2-5,7-8,14,16-18H2,1H3,(H,33,36)(H2,39,40,41)/t21?,24-,26-/m0/s1. The van der Waals surface area contributed by atoms with Gasteiger partial charge in [0.25, 0.3) is 5.91 Å². The fraction of sp³-hybridized carbons (Fsp3) is 0.484. The Kier molecular flexibility index (Phi) is 8.43. The second-order valence-corrected chi connectivity index (χ2v) is 14.9. The number of hydrogen-bond donors (Lipinski definition) is 3. The summed E-state index contributed by atoms with van der Waals surface area (Å²) in [6, 6.07) is 8.45. The van der Waals surface area contributed by atoms with Crippen LogP contribution in [0.1, 0.15) is 70.8 Å². The maximum absolute atomic E-state index is 13.9. The summed E-state index contributed by atoms with van der Waals surface area (Å²) >= 11 is 1.30. The molecule has 2 aromatic heterocycles. The molecule has 3 aliphatic heterocycles. The number of carbonyl (C=O) groups is 3. The van der Waals surface area contributed by atoms with Crippen LogP contribution in [0.3, 0.4) is 0 Å². The molecule has 43 heavy (non-hydrogen) atoms. The maximum Gasteiger partial charge on any atom is 0.329 e. The van der Waals surface area contributed by atoms with E-state index in [4.69, 9.17) is 0 Å². The number of likely N-dealkylation sites (tertiary alicyclic amines) is 1. The van der Waals surface area contributed by atoms with Crippen LogP contribution in [0.2, 0.25) is 0 Å². The summed E-state index contributed by atoms with van der Waals surface area (Å²) in [6.07, 6.45) is 8.26. The number of thiophene rings is 1. The number of aryl methyl sites for hydroxylation is 1. The number of rotatable bonds is 7. The molecule has 0 saturated carbocycles. The summed E-state index contributed by atoms with van der Waals surface area (Å²) in [5.41, 5.74) is 2.86. The van der Waals surface area contributed by atoms with E-state index in [0.29, 0.717) is 36.4 Å². The van der Waals surface area contributed by atoms with Gasteiger partial charge in [0.05, 0.1) is 17.0 Å². The fourth-order valence-electron chi connectivity index (χ4n) is 6.85. The molecule has 3 aliphatic rings. The highest BCUT2D eigenvalue weighted by Gasteiger charge is 2.46. The third-order valence-electron chi connectivity index (χ3n) is 9.15. The molecule has 0 bridgehead atoms. The zero-order chi connectivity index (χ0) is 30.3. The van der Waals surface area contributed by atoms with Crippen molar-refractivity contribution in [1.29, 1.82) is 0 Å². The third kappa shape index (κ3) is 6.41. The van der Waals surface area contributed by atoms with Gasteiger partial charge in [-0.15, -0.1) is 11.3 Å². The Morgan fingerprint density at radius 2 is 1.88 bits per heavy atom. The Balaban J connectivity index is 1.10. The van der Waals surface area contributed by atoms with E-state index in [-0.39, 0.29) is 42.4 Å². The molecule has 1 unspecified atom stereocenters. The number of hydrogen-bond acceptors (Lipinski definition) is 6. The van der Waals surface area contributed by atoms with Gasteiger partial charge >= 0.3 is 7.60 Å². The summed E-state index contributed by atoms with van der Waals surface area (Å²) < 4.78 is 12.2. The van der Waals surface area contributed by atoms with Crippen LogP contribution in [-0.4, -0.2) is 74.0 Å². The Morgan fingerprint density at radius 3 is 2.65 bits per heavy atom. The minimum Gasteiger partial charge on any atom is -0.351 e. The lowest BCUT2D eigenvalue weighted by Gasteiger charge is -2.43. The molecule has 0 radical (unpaired) electrons. The Hall–Kier alpha value is -3.11. The van der Waals surface area contributed by atoms with Crippen molar-refractivity contribution in [2.45, 2.75) is 69.6 Å². The molecule has 6 rings (SSSR count). The van der Waals surface area contributed by atoms with E-state index >= 15 is 0 Å². The lowest BCUT2D eigenvalue weighted by molar-refractivity contribution is -0.151. The molecule has 0 aliphatic carbocycles. The van der Waals surface area contributed by atoms with E-state index in [1.54, 1.807) is 30.5 Å². The van der Waals surface area contributed by atoms with Crippen LogP contribution < -0.4 is 5.32 Å². The van der Waals surface area contributed by atoms with Crippen LogP contribution in [0.5, 0.6) is 0 Å². The van der Waals surface area contributed by atoms with Gasteiger partial charge in [-0.3, -0.25) is 23.9 Å². The van der Waals surface area contributed by atoms with Gasteiger partial charge in [0.1, 0.15) is 6.04 Å². The Morgan fingerprint density at radius 1 is 1.09 bits per heavy atom.